The minimum Gasteiger partial charge on any atom is -0.406 e. The molecular weight excluding hydrogens is 331 g/mol. The van der Waals surface area contributed by atoms with Crippen molar-refractivity contribution in [1.29, 1.82) is 0 Å². The number of nitro benzene ring substituents is 1. The van der Waals surface area contributed by atoms with Crippen molar-refractivity contribution in [3.63, 3.8) is 0 Å². The molecule has 0 atom stereocenters. The van der Waals surface area contributed by atoms with Gasteiger partial charge in [0, 0.05) is 17.7 Å². The summed E-state index contributed by atoms with van der Waals surface area (Å²) >= 11 is 0. The highest BCUT2D eigenvalue weighted by Crippen LogP contribution is 2.22. The molecule has 1 amide bonds. The van der Waals surface area contributed by atoms with Gasteiger partial charge in [0.2, 0.25) is 0 Å². The number of non-ortho nitro benzene ring substituents is 1. The van der Waals surface area contributed by atoms with Gasteiger partial charge in [-0.15, -0.1) is 13.2 Å². The van der Waals surface area contributed by atoms with Gasteiger partial charge in [0.15, 0.2) is 0 Å². The van der Waals surface area contributed by atoms with E-state index in [4.69, 9.17) is 0 Å². The Labute approximate surface area is 133 Å². The molecule has 10 heteroatoms. The van der Waals surface area contributed by atoms with Crippen LogP contribution in [-0.4, -0.2) is 17.2 Å². The summed E-state index contributed by atoms with van der Waals surface area (Å²) in [5.74, 6) is -1.05. The van der Waals surface area contributed by atoms with Crippen molar-refractivity contribution in [2.24, 2.45) is 0 Å². The van der Waals surface area contributed by atoms with E-state index in [1.165, 1.54) is 24.3 Å². The smallest absolute Gasteiger partial charge is 0.406 e. The molecule has 126 valence electrons. The van der Waals surface area contributed by atoms with E-state index in [0.29, 0.717) is 5.69 Å². The minimum atomic E-state index is -4.80. The van der Waals surface area contributed by atoms with E-state index in [1.54, 1.807) is 0 Å². The Kier molecular flexibility index (Phi) is 4.87. The summed E-state index contributed by atoms with van der Waals surface area (Å²) in [6, 6.07) is 9.61. The number of hydrogen-bond acceptors (Lipinski definition) is 5. The van der Waals surface area contributed by atoms with Crippen molar-refractivity contribution >= 4 is 17.3 Å². The van der Waals surface area contributed by atoms with Gasteiger partial charge in [0.25, 0.3) is 11.6 Å². The average molecular weight is 341 g/mol. The predicted octanol–water partition coefficient (Wildman–Crippen LogP) is 3.25. The van der Waals surface area contributed by atoms with Crippen LogP contribution < -0.4 is 15.6 Å². The van der Waals surface area contributed by atoms with E-state index in [0.717, 1.165) is 24.3 Å². The molecule has 2 aromatic rings. The van der Waals surface area contributed by atoms with Crippen LogP contribution in [-0.2, 0) is 0 Å². The minimum absolute atomic E-state index is 0.0962. The molecule has 0 aliphatic heterocycles. The molecule has 0 spiro atoms. The maximum atomic E-state index is 12.0. The lowest BCUT2D eigenvalue weighted by molar-refractivity contribution is -0.384. The number of amides is 1. The topological polar surface area (TPSA) is 93.5 Å². The van der Waals surface area contributed by atoms with Crippen LogP contribution in [0.25, 0.3) is 0 Å². The standard InChI is InChI=1S/C14H10F3N3O4/c15-14(16,17)24-12-7-1-9(2-8-12)13(21)19-18-10-3-5-11(6-4-10)20(22)23/h1-8,18H,(H,19,21). The van der Waals surface area contributed by atoms with E-state index in [9.17, 15) is 28.1 Å². The van der Waals surface area contributed by atoms with Gasteiger partial charge in [0.1, 0.15) is 5.75 Å². The number of ether oxygens (including phenoxy) is 1. The first-order valence-electron chi connectivity index (χ1n) is 6.41. The van der Waals surface area contributed by atoms with Gasteiger partial charge in [-0.3, -0.25) is 25.8 Å². The third kappa shape index (κ3) is 4.87. The number of nitro groups is 1. The number of hydrogen-bond donors (Lipinski definition) is 2. The molecule has 2 rings (SSSR count). The number of carbonyl (C=O) groups excluding carboxylic acids is 1. The largest absolute Gasteiger partial charge is 0.573 e. The molecule has 0 heterocycles. The van der Waals surface area contributed by atoms with Crippen molar-refractivity contribution in [3.8, 4) is 5.75 Å². The Balaban J connectivity index is 1.93. The number of nitrogens with one attached hydrogen (secondary N) is 2. The maximum absolute atomic E-state index is 12.0. The first kappa shape index (κ1) is 17.1. The molecule has 0 radical (unpaired) electrons. The molecule has 0 saturated carbocycles. The fourth-order valence-corrected chi connectivity index (χ4v) is 1.68. The van der Waals surface area contributed by atoms with Crippen LogP contribution in [0.5, 0.6) is 5.75 Å². The summed E-state index contributed by atoms with van der Waals surface area (Å²) in [5, 5.41) is 10.5. The highest BCUT2D eigenvalue weighted by Gasteiger charge is 2.31. The maximum Gasteiger partial charge on any atom is 0.573 e. The van der Waals surface area contributed by atoms with Crippen LogP contribution in [0.4, 0.5) is 24.5 Å². The quantitative estimate of drug-likeness (QED) is 0.643. The van der Waals surface area contributed by atoms with E-state index in [-0.39, 0.29) is 11.3 Å². The van der Waals surface area contributed by atoms with Crippen LogP contribution in [0.15, 0.2) is 48.5 Å². The molecule has 2 N–H and O–H groups in total. The van der Waals surface area contributed by atoms with E-state index in [2.05, 4.69) is 15.6 Å². The third-order valence-corrected chi connectivity index (χ3v) is 2.75. The number of benzene rings is 2. The molecular formula is C14H10F3N3O4. The monoisotopic (exact) mass is 341 g/mol. The number of alkyl halides is 3. The molecule has 0 unspecified atom stereocenters. The Hall–Kier alpha value is -3.30. The second-order valence-corrected chi connectivity index (χ2v) is 4.46. The first-order chi connectivity index (χ1) is 11.2. The summed E-state index contributed by atoms with van der Waals surface area (Å²) in [7, 11) is 0. The normalized spacial score (nSPS) is 10.8. The molecule has 7 nitrogen and oxygen atoms in total. The molecule has 0 aliphatic carbocycles. The molecule has 0 bridgehead atoms. The second kappa shape index (κ2) is 6.86. The number of halogens is 3. The van der Waals surface area contributed by atoms with Crippen molar-refractivity contribution in [2.75, 3.05) is 5.43 Å². The van der Waals surface area contributed by atoms with Crippen LogP contribution in [0, 0.1) is 10.1 Å². The Morgan fingerprint density at radius 1 is 1.04 bits per heavy atom. The van der Waals surface area contributed by atoms with Crippen molar-refractivity contribution < 1.29 is 27.6 Å². The summed E-state index contributed by atoms with van der Waals surface area (Å²) < 4.78 is 39.8. The van der Waals surface area contributed by atoms with Gasteiger partial charge in [0.05, 0.1) is 10.6 Å². The van der Waals surface area contributed by atoms with Gasteiger partial charge in [-0.25, -0.2) is 0 Å². The summed E-state index contributed by atoms with van der Waals surface area (Å²) in [5.41, 5.74) is 5.22. The fraction of sp³-hybridized carbons (Fsp3) is 0.0714. The van der Waals surface area contributed by atoms with Gasteiger partial charge in [-0.05, 0) is 36.4 Å². The van der Waals surface area contributed by atoms with Crippen molar-refractivity contribution in [2.45, 2.75) is 6.36 Å². The number of hydrazine groups is 1. The summed E-state index contributed by atoms with van der Waals surface area (Å²) in [6.07, 6.45) is -4.80. The van der Waals surface area contributed by atoms with Gasteiger partial charge < -0.3 is 4.74 Å². The molecule has 24 heavy (non-hydrogen) atoms. The fourth-order valence-electron chi connectivity index (χ4n) is 1.68. The Morgan fingerprint density at radius 3 is 2.12 bits per heavy atom. The number of nitrogens with zero attached hydrogens (tertiary/aromatic N) is 1. The highest BCUT2D eigenvalue weighted by atomic mass is 19.4. The Bertz CT molecular complexity index is 730. The zero-order valence-electron chi connectivity index (χ0n) is 11.8. The van der Waals surface area contributed by atoms with Gasteiger partial charge in [-0.1, -0.05) is 0 Å². The summed E-state index contributed by atoms with van der Waals surface area (Å²) in [4.78, 5) is 21.8. The van der Waals surface area contributed by atoms with E-state index >= 15 is 0 Å². The van der Waals surface area contributed by atoms with Crippen molar-refractivity contribution in [3.05, 3.63) is 64.2 Å². The first-order valence-corrected chi connectivity index (χ1v) is 6.41. The van der Waals surface area contributed by atoms with E-state index in [1.807, 2.05) is 0 Å². The zero-order valence-corrected chi connectivity index (χ0v) is 11.8. The third-order valence-electron chi connectivity index (χ3n) is 2.75. The van der Waals surface area contributed by atoms with Crippen LogP contribution in [0.1, 0.15) is 10.4 Å². The van der Waals surface area contributed by atoms with Crippen LogP contribution in [0.2, 0.25) is 0 Å². The number of carbonyl (C=O) groups is 1. The molecule has 2 aromatic carbocycles. The SMILES string of the molecule is O=C(NNc1ccc([N+](=O)[O-])cc1)c1ccc(OC(F)(F)F)cc1. The molecule has 0 aromatic heterocycles. The average Bonchev–Trinajstić information content (AvgIpc) is 2.52. The lowest BCUT2D eigenvalue weighted by Crippen LogP contribution is -2.29. The molecule has 0 fully saturated rings. The predicted molar refractivity (Wildman–Crippen MR) is 77.3 cm³/mol. The molecule has 0 aliphatic rings. The van der Waals surface area contributed by atoms with Crippen molar-refractivity contribution in [1.82, 2.24) is 5.43 Å². The number of anilines is 1. The van der Waals surface area contributed by atoms with E-state index < -0.39 is 22.9 Å². The number of rotatable bonds is 5. The highest BCUT2D eigenvalue weighted by molar-refractivity contribution is 5.94. The second-order valence-electron chi connectivity index (χ2n) is 4.46. The zero-order chi connectivity index (χ0) is 17.7. The lowest BCUT2D eigenvalue weighted by Gasteiger charge is -2.10. The lowest BCUT2D eigenvalue weighted by atomic mass is 10.2. The summed E-state index contributed by atoms with van der Waals surface area (Å²) in [6.45, 7) is 0. The van der Waals surface area contributed by atoms with Gasteiger partial charge in [-0.2, -0.15) is 0 Å². The van der Waals surface area contributed by atoms with Crippen LogP contribution >= 0.6 is 0 Å². The van der Waals surface area contributed by atoms with Crippen LogP contribution in [0.3, 0.4) is 0 Å². The molecule has 0 saturated heterocycles. The van der Waals surface area contributed by atoms with Gasteiger partial charge >= 0.3 is 6.36 Å². The Morgan fingerprint density at radius 2 is 1.62 bits per heavy atom.